The first-order valence-electron chi connectivity index (χ1n) is 8.48. The van der Waals surface area contributed by atoms with Crippen LogP contribution in [0.25, 0.3) is 11.2 Å². The van der Waals surface area contributed by atoms with Crippen molar-refractivity contribution in [2.45, 2.75) is 31.0 Å². The molecule has 0 aliphatic carbocycles. The van der Waals surface area contributed by atoms with E-state index in [1.165, 1.54) is 0 Å². The van der Waals surface area contributed by atoms with Gasteiger partial charge in [0.15, 0.2) is 17.4 Å². The van der Waals surface area contributed by atoms with E-state index in [4.69, 9.17) is 25.2 Å². The molecule has 2 aromatic rings. The average Bonchev–Trinajstić information content (AvgIpc) is 3.10. The number of anilines is 1. The molecule has 11 N–H and O–H groups in total. The van der Waals surface area contributed by atoms with Crippen LogP contribution < -0.4 is 11.3 Å². The van der Waals surface area contributed by atoms with E-state index in [0.717, 1.165) is 17.8 Å². The summed E-state index contributed by atoms with van der Waals surface area (Å²) in [4.78, 5) is 57.6. The van der Waals surface area contributed by atoms with Gasteiger partial charge in [0.25, 0.3) is 5.56 Å². The fourth-order valence-corrected chi connectivity index (χ4v) is 5.99. The fourth-order valence-electron chi connectivity index (χ4n) is 2.96. The van der Waals surface area contributed by atoms with Gasteiger partial charge in [-0.15, -0.1) is 0 Å². The van der Waals surface area contributed by atoms with Crippen LogP contribution in [0.3, 0.4) is 0 Å². The summed E-state index contributed by atoms with van der Waals surface area (Å²) in [6, 6.07) is 0. The van der Waals surface area contributed by atoms with Crippen molar-refractivity contribution in [2.75, 3.05) is 12.3 Å². The molecule has 1 aliphatic rings. The second kappa shape index (κ2) is 9.45. The van der Waals surface area contributed by atoms with Crippen LogP contribution in [0.5, 0.6) is 0 Å². The number of aliphatic hydroxyl groups excluding tert-OH is 1. The molecule has 0 spiro atoms. The Bertz CT molecular complexity index is 1250. The first kappa shape index (κ1) is 28.6. The van der Waals surface area contributed by atoms with Gasteiger partial charge in [0.05, 0.1) is 12.9 Å². The molecule has 0 saturated carbocycles. The first-order valence-corrected chi connectivity index (χ1v) is 13.0. The highest BCUT2D eigenvalue weighted by atomic mass is 31.3. The van der Waals surface area contributed by atoms with Gasteiger partial charge < -0.3 is 45.7 Å². The Kier molecular flexibility index (Phi) is 7.96. The van der Waals surface area contributed by atoms with Crippen molar-refractivity contribution in [2.24, 2.45) is 0 Å². The molecule has 3 rings (SSSR count). The quantitative estimate of drug-likeness (QED) is 0.153. The molecule has 20 nitrogen and oxygen atoms in total. The Morgan fingerprint density at radius 1 is 1.24 bits per heavy atom. The van der Waals surface area contributed by atoms with Gasteiger partial charge in [-0.2, -0.15) is 13.6 Å². The number of phosphoric ester groups is 1. The van der Waals surface area contributed by atoms with Crippen molar-refractivity contribution in [3.8, 4) is 0 Å². The topological polar surface area (TPSA) is 331 Å². The highest BCUT2D eigenvalue weighted by molar-refractivity contribution is 7.66. The molecular weight excluding hydrogens is 535 g/mol. The van der Waals surface area contributed by atoms with Crippen LogP contribution in [0.4, 0.5) is 5.95 Å². The Balaban J connectivity index is 0.00000408. The molecule has 1 fully saturated rings. The molecule has 0 radical (unpaired) electrons. The number of phosphoric acid groups is 3. The number of H-pyrrole nitrogens is 1. The van der Waals surface area contributed by atoms with Crippen molar-refractivity contribution in [1.82, 2.24) is 19.5 Å². The lowest BCUT2D eigenvalue weighted by Gasteiger charge is -2.27. The van der Waals surface area contributed by atoms with Crippen LogP contribution >= 0.6 is 23.5 Å². The van der Waals surface area contributed by atoms with E-state index >= 15 is 0 Å². The Morgan fingerprint density at radius 2 is 1.85 bits per heavy atom. The number of imidazole rings is 1. The van der Waals surface area contributed by atoms with Gasteiger partial charge >= 0.3 is 23.5 Å². The van der Waals surface area contributed by atoms with E-state index in [9.17, 15) is 33.6 Å². The standard InChI is InChI=1S/C11H18N5O14P3.H2O/c1-11(19)6(17)4(2-27-32(23,24)30-33(25,26)29-31(20,21)22)28-9(11)16-3-13-5-7(16)14-10(12)15-8(5)18;/h3-4,6,9,17,19H,2H2,1H3,(H,23,24)(H,25,26)(H2,20,21,22)(H3,12,14,15,18);1H2/t4-,6-,9-,11-;/m1./s1. The van der Waals surface area contributed by atoms with Crippen LogP contribution in [0, 0.1) is 0 Å². The number of nitrogens with one attached hydrogen (secondary N) is 1. The number of aromatic nitrogens is 4. The van der Waals surface area contributed by atoms with E-state index in [1.54, 1.807) is 0 Å². The number of aromatic amines is 1. The molecule has 23 heteroatoms. The summed E-state index contributed by atoms with van der Waals surface area (Å²) in [7, 11) is -16.8. The number of nitrogen functional groups attached to an aromatic ring is 1. The van der Waals surface area contributed by atoms with Crippen molar-refractivity contribution < 1.29 is 66.8 Å². The highest BCUT2D eigenvalue weighted by Crippen LogP contribution is 2.66. The third-order valence-electron chi connectivity index (χ3n) is 4.28. The van der Waals surface area contributed by atoms with Crippen LogP contribution in [-0.4, -0.2) is 79.2 Å². The second-order valence-electron chi connectivity index (χ2n) is 6.86. The van der Waals surface area contributed by atoms with Gasteiger partial charge in [0, 0.05) is 0 Å². The SMILES string of the molecule is C[C@@]1(O)[C@H](O)[C@@H](COP(=O)(O)OP(=O)(O)OP(=O)(O)O)O[C@H]1n1cnc2c(=O)[nH]c(N)nc21.O. The number of ether oxygens (including phenoxy) is 1. The van der Waals surface area contributed by atoms with E-state index < -0.39 is 59.7 Å². The zero-order valence-electron chi connectivity index (χ0n) is 16.7. The van der Waals surface area contributed by atoms with Crippen molar-refractivity contribution in [1.29, 1.82) is 0 Å². The second-order valence-corrected chi connectivity index (χ2v) is 11.3. The van der Waals surface area contributed by atoms with E-state index in [2.05, 4.69) is 28.1 Å². The van der Waals surface area contributed by atoms with Crippen LogP contribution in [0.15, 0.2) is 11.1 Å². The summed E-state index contributed by atoms with van der Waals surface area (Å²) in [5, 5.41) is 21.1. The molecule has 194 valence electrons. The third-order valence-corrected chi connectivity index (χ3v) is 8.08. The summed E-state index contributed by atoms with van der Waals surface area (Å²) in [6.07, 6.45) is -3.78. The number of hydrogen-bond acceptors (Lipinski definition) is 13. The van der Waals surface area contributed by atoms with E-state index in [-0.39, 0.29) is 22.6 Å². The first-order chi connectivity index (χ1) is 14.9. The van der Waals surface area contributed by atoms with E-state index in [0.29, 0.717) is 0 Å². The van der Waals surface area contributed by atoms with Gasteiger partial charge in [0.2, 0.25) is 5.95 Å². The lowest BCUT2D eigenvalue weighted by atomic mass is 9.96. The van der Waals surface area contributed by atoms with Gasteiger partial charge in [-0.05, 0) is 6.92 Å². The molecule has 1 aliphatic heterocycles. The molecule has 1 saturated heterocycles. The Hall–Kier alpha value is -1.60. The Morgan fingerprint density at radius 3 is 2.44 bits per heavy atom. The number of nitrogens with zero attached hydrogens (tertiary/aromatic N) is 3. The minimum absolute atomic E-state index is 0. The number of hydrogen-bond donors (Lipinski definition) is 8. The zero-order chi connectivity index (χ0) is 25.0. The number of rotatable bonds is 8. The summed E-state index contributed by atoms with van der Waals surface area (Å²) < 4.78 is 52.0. The van der Waals surface area contributed by atoms with Crippen molar-refractivity contribution in [3.05, 3.63) is 16.7 Å². The lowest BCUT2D eigenvalue weighted by Crippen LogP contribution is -2.44. The van der Waals surface area contributed by atoms with Crippen LogP contribution in [-0.2, 0) is 31.6 Å². The third kappa shape index (κ3) is 6.14. The summed E-state index contributed by atoms with van der Waals surface area (Å²) >= 11 is 0. The minimum Gasteiger partial charge on any atom is -0.412 e. The summed E-state index contributed by atoms with van der Waals surface area (Å²) in [6.45, 7) is 0.0931. The highest BCUT2D eigenvalue weighted by Gasteiger charge is 2.54. The molecule has 2 unspecified atom stereocenters. The van der Waals surface area contributed by atoms with Gasteiger partial charge in [-0.3, -0.25) is 18.9 Å². The summed E-state index contributed by atoms with van der Waals surface area (Å²) in [5.74, 6) is -0.281. The van der Waals surface area contributed by atoms with Gasteiger partial charge in [-0.1, -0.05) is 0 Å². The molecule has 0 aromatic carbocycles. The smallest absolute Gasteiger partial charge is 0.412 e. The van der Waals surface area contributed by atoms with E-state index in [1.807, 2.05) is 0 Å². The monoisotopic (exact) mass is 555 g/mol. The lowest BCUT2D eigenvalue weighted by molar-refractivity contribution is -0.0949. The fraction of sp³-hybridized carbons (Fsp3) is 0.545. The molecule has 0 amide bonds. The number of fused-ring (bicyclic) bond motifs is 1. The molecular formula is C11H20N5O15P3. The molecule has 6 atom stereocenters. The predicted molar refractivity (Wildman–Crippen MR) is 107 cm³/mol. The van der Waals surface area contributed by atoms with Gasteiger partial charge in [0.1, 0.15) is 17.8 Å². The molecule has 34 heavy (non-hydrogen) atoms. The van der Waals surface area contributed by atoms with Crippen LogP contribution in [0.2, 0.25) is 0 Å². The maximum Gasteiger partial charge on any atom is 0.490 e. The molecule has 3 heterocycles. The zero-order valence-corrected chi connectivity index (χ0v) is 19.4. The summed E-state index contributed by atoms with van der Waals surface area (Å²) in [5.41, 5.74) is 2.40. The molecule has 2 aromatic heterocycles. The van der Waals surface area contributed by atoms with Crippen molar-refractivity contribution in [3.63, 3.8) is 0 Å². The molecule has 0 bridgehead atoms. The van der Waals surface area contributed by atoms with Gasteiger partial charge in [-0.25, -0.2) is 18.7 Å². The van der Waals surface area contributed by atoms with Crippen molar-refractivity contribution >= 4 is 40.6 Å². The van der Waals surface area contributed by atoms with Crippen LogP contribution in [0.1, 0.15) is 13.2 Å². The largest absolute Gasteiger partial charge is 0.490 e. The number of nitrogens with two attached hydrogens (primary N) is 1. The maximum absolute atomic E-state index is 11.9. The Labute approximate surface area is 187 Å². The normalized spacial score (nSPS) is 28.9. The number of aliphatic hydroxyl groups is 2. The minimum atomic E-state index is -5.75. The average molecular weight is 555 g/mol. The maximum atomic E-state index is 11.9. The predicted octanol–water partition coefficient (Wildman–Crippen LogP) is -2.77.